The van der Waals surface area contributed by atoms with E-state index in [0.29, 0.717) is 12.6 Å². The second-order valence-corrected chi connectivity index (χ2v) is 5.90. The third kappa shape index (κ3) is 3.94. The zero-order valence-electron chi connectivity index (χ0n) is 11.1. The topological polar surface area (TPSA) is 43.8 Å². The van der Waals surface area contributed by atoms with Gasteiger partial charge in [-0.2, -0.15) is 0 Å². The Kier molecular flexibility index (Phi) is 4.82. The Balaban J connectivity index is 1.88. The Labute approximate surface area is 122 Å². The highest BCUT2D eigenvalue weighted by atomic mass is 79.9. The first-order chi connectivity index (χ1) is 9.06. The lowest BCUT2D eigenvalue weighted by atomic mass is 10.2. The maximum absolute atomic E-state index is 10.6. The fourth-order valence-electron chi connectivity index (χ4n) is 2.44. The fourth-order valence-corrected chi connectivity index (χ4v) is 2.71. The number of carbonyl (C=O) groups is 1. The van der Waals surface area contributed by atoms with E-state index in [2.05, 4.69) is 50.0 Å². The third-order valence-corrected chi connectivity index (χ3v) is 4.19. The fraction of sp³-hybridized carbons (Fsp3) is 0.500. The first-order valence-electron chi connectivity index (χ1n) is 6.49. The van der Waals surface area contributed by atoms with Crippen molar-refractivity contribution < 1.29 is 9.90 Å². The van der Waals surface area contributed by atoms with Crippen molar-refractivity contribution in [2.75, 3.05) is 31.6 Å². The summed E-state index contributed by atoms with van der Waals surface area (Å²) in [6.07, 6.45) is 1.30. The van der Waals surface area contributed by atoms with Gasteiger partial charge in [-0.1, -0.05) is 15.9 Å². The first kappa shape index (κ1) is 14.3. The lowest BCUT2D eigenvalue weighted by Crippen LogP contribution is -2.35. The molecule has 1 aliphatic rings. The van der Waals surface area contributed by atoms with Gasteiger partial charge >= 0.3 is 5.97 Å². The highest BCUT2D eigenvalue weighted by Crippen LogP contribution is 2.24. The summed E-state index contributed by atoms with van der Waals surface area (Å²) in [7, 11) is 2.01. The largest absolute Gasteiger partial charge is 0.481 e. The molecular formula is C14H19BrN2O2. The summed E-state index contributed by atoms with van der Waals surface area (Å²) >= 11 is 3.44. The number of carboxylic acid groups (broad SMARTS) is 1. The molecule has 1 saturated heterocycles. The van der Waals surface area contributed by atoms with Gasteiger partial charge in [0.15, 0.2) is 0 Å². The molecule has 19 heavy (non-hydrogen) atoms. The molecule has 4 nitrogen and oxygen atoms in total. The van der Waals surface area contributed by atoms with Gasteiger partial charge in [0, 0.05) is 35.8 Å². The molecule has 0 aliphatic carbocycles. The average molecular weight is 327 g/mol. The molecular weight excluding hydrogens is 308 g/mol. The number of hydrogen-bond acceptors (Lipinski definition) is 3. The number of nitrogens with zero attached hydrogens (tertiary/aromatic N) is 2. The molecule has 1 aliphatic heterocycles. The summed E-state index contributed by atoms with van der Waals surface area (Å²) in [5, 5.41) is 8.72. The predicted molar refractivity (Wildman–Crippen MR) is 79.6 cm³/mol. The smallest absolute Gasteiger partial charge is 0.304 e. The van der Waals surface area contributed by atoms with Gasteiger partial charge in [-0.3, -0.25) is 4.79 Å². The van der Waals surface area contributed by atoms with E-state index in [9.17, 15) is 4.79 Å². The van der Waals surface area contributed by atoms with Crippen LogP contribution in [0.4, 0.5) is 5.69 Å². The van der Waals surface area contributed by atoms with E-state index in [-0.39, 0.29) is 6.42 Å². The Morgan fingerprint density at radius 2 is 2.16 bits per heavy atom. The van der Waals surface area contributed by atoms with Crippen molar-refractivity contribution in [1.82, 2.24) is 4.90 Å². The standard InChI is InChI=1S/C14H19BrN2O2/c1-16(8-7-14(18)19)13-6-9-17(10-13)12-4-2-11(15)3-5-12/h2-5,13H,6-10H2,1H3,(H,18,19). The van der Waals surface area contributed by atoms with Gasteiger partial charge < -0.3 is 14.9 Å². The molecule has 1 aromatic carbocycles. The summed E-state index contributed by atoms with van der Waals surface area (Å²) in [6.45, 7) is 2.62. The van der Waals surface area contributed by atoms with Crippen molar-refractivity contribution in [1.29, 1.82) is 0 Å². The summed E-state index contributed by atoms with van der Waals surface area (Å²) in [5.41, 5.74) is 1.23. The van der Waals surface area contributed by atoms with Crippen LogP contribution >= 0.6 is 15.9 Å². The molecule has 1 atom stereocenters. The maximum Gasteiger partial charge on any atom is 0.304 e. The molecule has 1 aromatic rings. The van der Waals surface area contributed by atoms with Gasteiger partial charge in [0.2, 0.25) is 0 Å². The molecule has 1 N–H and O–H groups in total. The Hall–Kier alpha value is -1.07. The van der Waals surface area contributed by atoms with Crippen LogP contribution in [0.15, 0.2) is 28.7 Å². The molecule has 1 fully saturated rings. The average Bonchev–Trinajstić information content (AvgIpc) is 2.86. The highest BCUT2D eigenvalue weighted by molar-refractivity contribution is 9.10. The minimum atomic E-state index is -0.727. The predicted octanol–water partition coefficient (Wildman–Crippen LogP) is 2.43. The molecule has 2 rings (SSSR count). The molecule has 0 saturated carbocycles. The lowest BCUT2D eigenvalue weighted by molar-refractivity contribution is -0.137. The number of benzene rings is 1. The maximum atomic E-state index is 10.6. The van der Waals surface area contributed by atoms with Crippen LogP contribution in [0, 0.1) is 0 Å². The SMILES string of the molecule is CN(CCC(=O)O)C1CCN(c2ccc(Br)cc2)C1. The molecule has 0 amide bonds. The monoisotopic (exact) mass is 326 g/mol. The Morgan fingerprint density at radius 3 is 2.79 bits per heavy atom. The molecule has 5 heteroatoms. The third-order valence-electron chi connectivity index (χ3n) is 3.66. The van der Waals surface area contributed by atoms with Gasteiger partial charge in [-0.25, -0.2) is 0 Å². The summed E-state index contributed by atoms with van der Waals surface area (Å²) < 4.78 is 1.09. The van der Waals surface area contributed by atoms with Crippen LogP contribution in [0.25, 0.3) is 0 Å². The number of likely N-dealkylation sites (N-methyl/N-ethyl adjacent to an activating group) is 1. The van der Waals surface area contributed by atoms with Gasteiger partial charge in [-0.15, -0.1) is 0 Å². The van der Waals surface area contributed by atoms with Gasteiger partial charge in [0.25, 0.3) is 0 Å². The molecule has 0 spiro atoms. The molecule has 1 unspecified atom stereocenters. The van der Waals surface area contributed by atoms with Crippen LogP contribution in [-0.2, 0) is 4.79 Å². The lowest BCUT2D eigenvalue weighted by Gasteiger charge is -2.24. The normalized spacial score (nSPS) is 19.1. The number of halogens is 1. The molecule has 0 aromatic heterocycles. The van der Waals surface area contributed by atoms with E-state index in [1.54, 1.807) is 0 Å². The molecule has 0 bridgehead atoms. The van der Waals surface area contributed by atoms with E-state index >= 15 is 0 Å². The van der Waals surface area contributed by atoms with Crippen molar-refractivity contribution >= 4 is 27.6 Å². The van der Waals surface area contributed by atoms with Crippen molar-refractivity contribution in [3.8, 4) is 0 Å². The van der Waals surface area contributed by atoms with E-state index in [1.807, 2.05) is 7.05 Å². The summed E-state index contributed by atoms with van der Waals surface area (Å²) in [6, 6.07) is 8.78. The second kappa shape index (κ2) is 6.39. The van der Waals surface area contributed by atoms with E-state index in [0.717, 1.165) is 24.0 Å². The van der Waals surface area contributed by atoms with Crippen LogP contribution in [0.1, 0.15) is 12.8 Å². The summed E-state index contributed by atoms with van der Waals surface area (Å²) in [4.78, 5) is 15.1. The Bertz CT molecular complexity index is 436. The van der Waals surface area contributed by atoms with E-state index < -0.39 is 5.97 Å². The number of hydrogen-bond donors (Lipinski definition) is 1. The van der Waals surface area contributed by atoms with Crippen molar-refractivity contribution in [2.24, 2.45) is 0 Å². The van der Waals surface area contributed by atoms with Crippen LogP contribution in [0.5, 0.6) is 0 Å². The van der Waals surface area contributed by atoms with Crippen molar-refractivity contribution in [3.05, 3.63) is 28.7 Å². The van der Waals surface area contributed by atoms with Gasteiger partial charge in [-0.05, 0) is 37.7 Å². The van der Waals surface area contributed by atoms with Crippen LogP contribution in [0.2, 0.25) is 0 Å². The second-order valence-electron chi connectivity index (χ2n) is 4.99. The highest BCUT2D eigenvalue weighted by Gasteiger charge is 2.25. The number of rotatable bonds is 5. The van der Waals surface area contributed by atoms with Crippen LogP contribution < -0.4 is 4.90 Å². The minimum absolute atomic E-state index is 0.214. The number of aliphatic carboxylic acids is 1. The minimum Gasteiger partial charge on any atom is -0.481 e. The molecule has 1 heterocycles. The van der Waals surface area contributed by atoms with Crippen LogP contribution in [0.3, 0.4) is 0 Å². The van der Waals surface area contributed by atoms with Crippen molar-refractivity contribution in [3.63, 3.8) is 0 Å². The van der Waals surface area contributed by atoms with Gasteiger partial charge in [0.1, 0.15) is 0 Å². The molecule has 0 radical (unpaired) electrons. The zero-order valence-corrected chi connectivity index (χ0v) is 12.6. The van der Waals surface area contributed by atoms with E-state index in [1.165, 1.54) is 5.69 Å². The van der Waals surface area contributed by atoms with E-state index in [4.69, 9.17) is 5.11 Å². The summed E-state index contributed by atoms with van der Waals surface area (Å²) in [5.74, 6) is -0.727. The zero-order chi connectivity index (χ0) is 13.8. The Morgan fingerprint density at radius 1 is 1.47 bits per heavy atom. The first-order valence-corrected chi connectivity index (χ1v) is 7.28. The number of carboxylic acids is 1. The molecule has 104 valence electrons. The van der Waals surface area contributed by atoms with Crippen LogP contribution in [-0.4, -0.2) is 48.7 Å². The van der Waals surface area contributed by atoms with Crippen molar-refractivity contribution in [2.45, 2.75) is 18.9 Å². The number of anilines is 1. The van der Waals surface area contributed by atoms with Gasteiger partial charge in [0.05, 0.1) is 6.42 Å². The quantitative estimate of drug-likeness (QED) is 0.902.